The molecular weight excluding hydrogens is 210 g/mol. The number of hydrogen-bond donors (Lipinski definition) is 1. The van der Waals surface area contributed by atoms with Gasteiger partial charge in [0.1, 0.15) is 5.75 Å². The first-order chi connectivity index (χ1) is 8.16. The first kappa shape index (κ1) is 11.7. The molecule has 17 heavy (non-hydrogen) atoms. The Labute approximate surface area is 102 Å². The smallest absolute Gasteiger partial charge is 0.115 e. The number of rotatable bonds is 3. The van der Waals surface area contributed by atoms with E-state index in [1.807, 2.05) is 18.2 Å². The predicted octanol–water partition coefficient (Wildman–Crippen LogP) is 3.12. The summed E-state index contributed by atoms with van der Waals surface area (Å²) in [6, 6.07) is 15.7. The predicted molar refractivity (Wildman–Crippen MR) is 70.9 cm³/mol. The van der Waals surface area contributed by atoms with Crippen molar-refractivity contribution in [3.63, 3.8) is 0 Å². The van der Waals surface area contributed by atoms with Crippen molar-refractivity contribution in [3.8, 4) is 16.9 Å². The summed E-state index contributed by atoms with van der Waals surface area (Å²) in [6.45, 7) is 0.914. The van der Waals surface area contributed by atoms with E-state index in [4.69, 9.17) is 0 Å². The normalized spacial score (nSPS) is 10.8. The zero-order chi connectivity index (χ0) is 12.3. The van der Waals surface area contributed by atoms with Crippen LogP contribution in [0, 0.1) is 0 Å². The number of benzene rings is 2. The molecule has 88 valence electrons. The van der Waals surface area contributed by atoms with Gasteiger partial charge in [-0.15, -0.1) is 0 Å². The Morgan fingerprint density at radius 3 is 2.24 bits per heavy atom. The van der Waals surface area contributed by atoms with Crippen molar-refractivity contribution < 1.29 is 5.11 Å². The summed E-state index contributed by atoms with van der Waals surface area (Å²) in [7, 11) is 4.13. The van der Waals surface area contributed by atoms with Crippen LogP contribution in [0.15, 0.2) is 48.5 Å². The molecule has 1 N–H and O–H groups in total. The highest BCUT2D eigenvalue weighted by Gasteiger charge is 2.05. The monoisotopic (exact) mass is 227 g/mol. The molecule has 0 aliphatic carbocycles. The summed E-state index contributed by atoms with van der Waals surface area (Å²) < 4.78 is 0. The van der Waals surface area contributed by atoms with Crippen molar-refractivity contribution in [2.45, 2.75) is 6.54 Å². The molecule has 0 aliphatic rings. The van der Waals surface area contributed by atoms with Crippen LogP contribution in [0.1, 0.15) is 5.56 Å². The van der Waals surface area contributed by atoms with Gasteiger partial charge in [0.25, 0.3) is 0 Å². The molecule has 0 radical (unpaired) electrons. The highest BCUT2D eigenvalue weighted by molar-refractivity contribution is 5.67. The van der Waals surface area contributed by atoms with Crippen LogP contribution >= 0.6 is 0 Å². The number of nitrogens with zero attached hydrogens (tertiary/aromatic N) is 1. The SMILES string of the molecule is CN(C)Cc1ccccc1-c1ccc(O)cc1. The Morgan fingerprint density at radius 2 is 1.59 bits per heavy atom. The van der Waals surface area contributed by atoms with E-state index in [9.17, 15) is 5.11 Å². The summed E-state index contributed by atoms with van der Waals surface area (Å²) in [4.78, 5) is 2.15. The molecule has 0 atom stereocenters. The van der Waals surface area contributed by atoms with Gasteiger partial charge in [0, 0.05) is 6.54 Å². The average molecular weight is 227 g/mol. The lowest BCUT2D eigenvalue weighted by molar-refractivity contribution is 0.403. The largest absolute Gasteiger partial charge is 0.508 e. The first-order valence-electron chi connectivity index (χ1n) is 5.69. The van der Waals surface area contributed by atoms with Gasteiger partial charge in [-0.3, -0.25) is 0 Å². The van der Waals surface area contributed by atoms with Gasteiger partial charge in [-0.05, 0) is 42.9 Å². The lowest BCUT2D eigenvalue weighted by Crippen LogP contribution is -2.11. The number of phenolic OH excluding ortho intramolecular Hbond substituents is 1. The van der Waals surface area contributed by atoms with Crippen molar-refractivity contribution in [3.05, 3.63) is 54.1 Å². The minimum absolute atomic E-state index is 0.304. The fourth-order valence-corrected chi connectivity index (χ4v) is 1.92. The Morgan fingerprint density at radius 1 is 0.941 bits per heavy atom. The lowest BCUT2D eigenvalue weighted by atomic mass is 9.99. The van der Waals surface area contributed by atoms with Gasteiger partial charge in [0.2, 0.25) is 0 Å². The molecule has 2 aromatic rings. The van der Waals surface area contributed by atoms with E-state index in [2.05, 4.69) is 37.2 Å². The van der Waals surface area contributed by atoms with Gasteiger partial charge < -0.3 is 10.0 Å². The maximum Gasteiger partial charge on any atom is 0.115 e. The zero-order valence-corrected chi connectivity index (χ0v) is 10.2. The molecule has 0 saturated heterocycles. The number of phenols is 1. The van der Waals surface area contributed by atoms with Crippen molar-refractivity contribution in [2.75, 3.05) is 14.1 Å². The van der Waals surface area contributed by atoms with E-state index < -0.39 is 0 Å². The quantitative estimate of drug-likeness (QED) is 0.870. The number of aromatic hydroxyl groups is 1. The summed E-state index contributed by atoms with van der Waals surface area (Å²) in [5.41, 5.74) is 3.66. The van der Waals surface area contributed by atoms with Crippen molar-refractivity contribution >= 4 is 0 Å². The molecule has 0 aromatic heterocycles. The van der Waals surface area contributed by atoms with Crippen LogP contribution in [-0.4, -0.2) is 24.1 Å². The maximum absolute atomic E-state index is 9.31. The summed E-state index contributed by atoms with van der Waals surface area (Å²) >= 11 is 0. The molecule has 2 aromatic carbocycles. The van der Waals surface area contributed by atoms with Crippen LogP contribution in [0.5, 0.6) is 5.75 Å². The second kappa shape index (κ2) is 5.02. The molecule has 2 nitrogen and oxygen atoms in total. The second-order valence-electron chi connectivity index (χ2n) is 4.44. The molecule has 0 fully saturated rings. The summed E-state index contributed by atoms with van der Waals surface area (Å²) in [6.07, 6.45) is 0. The fourth-order valence-electron chi connectivity index (χ4n) is 1.92. The van der Waals surface area contributed by atoms with Gasteiger partial charge in [-0.1, -0.05) is 36.4 Å². The Hall–Kier alpha value is -1.80. The fraction of sp³-hybridized carbons (Fsp3) is 0.200. The van der Waals surface area contributed by atoms with E-state index in [1.54, 1.807) is 12.1 Å². The molecule has 0 bridgehead atoms. The highest BCUT2D eigenvalue weighted by Crippen LogP contribution is 2.25. The van der Waals surface area contributed by atoms with Crippen LogP contribution in [0.25, 0.3) is 11.1 Å². The van der Waals surface area contributed by atoms with Gasteiger partial charge in [-0.2, -0.15) is 0 Å². The first-order valence-corrected chi connectivity index (χ1v) is 5.69. The molecule has 0 unspecified atom stereocenters. The number of hydrogen-bond acceptors (Lipinski definition) is 2. The van der Waals surface area contributed by atoms with E-state index in [1.165, 1.54) is 11.1 Å². The molecule has 2 heteroatoms. The molecular formula is C15H17NO. The van der Waals surface area contributed by atoms with E-state index in [0.29, 0.717) is 5.75 Å². The average Bonchev–Trinajstić information content (AvgIpc) is 2.30. The van der Waals surface area contributed by atoms with Crippen LogP contribution < -0.4 is 0 Å². The Kier molecular flexibility index (Phi) is 3.45. The highest BCUT2D eigenvalue weighted by atomic mass is 16.3. The summed E-state index contributed by atoms with van der Waals surface area (Å²) in [5.74, 6) is 0.304. The Bertz CT molecular complexity index is 489. The van der Waals surface area contributed by atoms with E-state index in [-0.39, 0.29) is 0 Å². The third-order valence-corrected chi connectivity index (χ3v) is 2.68. The minimum Gasteiger partial charge on any atom is -0.508 e. The maximum atomic E-state index is 9.31. The molecule has 0 aliphatic heterocycles. The molecule has 0 heterocycles. The third kappa shape index (κ3) is 2.86. The van der Waals surface area contributed by atoms with Crippen LogP contribution in [0.3, 0.4) is 0 Å². The molecule has 0 saturated carbocycles. The van der Waals surface area contributed by atoms with Gasteiger partial charge in [0.05, 0.1) is 0 Å². The van der Waals surface area contributed by atoms with Crippen LogP contribution in [-0.2, 0) is 6.54 Å². The van der Waals surface area contributed by atoms with Crippen molar-refractivity contribution in [1.29, 1.82) is 0 Å². The molecule has 2 rings (SSSR count). The van der Waals surface area contributed by atoms with Gasteiger partial charge in [0.15, 0.2) is 0 Å². The van der Waals surface area contributed by atoms with Gasteiger partial charge in [-0.25, -0.2) is 0 Å². The topological polar surface area (TPSA) is 23.5 Å². The second-order valence-corrected chi connectivity index (χ2v) is 4.44. The third-order valence-electron chi connectivity index (χ3n) is 2.68. The minimum atomic E-state index is 0.304. The Balaban J connectivity index is 2.40. The van der Waals surface area contributed by atoms with E-state index in [0.717, 1.165) is 12.1 Å². The standard InChI is InChI=1S/C15H17NO/c1-16(2)11-13-5-3-4-6-15(13)12-7-9-14(17)10-8-12/h3-10,17H,11H2,1-2H3. The zero-order valence-electron chi connectivity index (χ0n) is 10.2. The van der Waals surface area contributed by atoms with Crippen LogP contribution in [0.4, 0.5) is 0 Å². The van der Waals surface area contributed by atoms with Gasteiger partial charge >= 0.3 is 0 Å². The van der Waals surface area contributed by atoms with Crippen LogP contribution in [0.2, 0.25) is 0 Å². The summed E-state index contributed by atoms with van der Waals surface area (Å²) in [5, 5.41) is 9.31. The molecule has 0 amide bonds. The van der Waals surface area contributed by atoms with Crippen molar-refractivity contribution in [2.24, 2.45) is 0 Å². The lowest BCUT2D eigenvalue weighted by Gasteiger charge is -2.14. The van der Waals surface area contributed by atoms with E-state index >= 15 is 0 Å². The molecule has 0 spiro atoms. The van der Waals surface area contributed by atoms with Crippen molar-refractivity contribution in [1.82, 2.24) is 4.90 Å².